The summed E-state index contributed by atoms with van der Waals surface area (Å²) in [6.07, 6.45) is 4.52. The number of nitrogens with one attached hydrogen (secondary N) is 1. The molecule has 2 bridgehead atoms. The molecule has 21 heavy (non-hydrogen) atoms. The van der Waals surface area contributed by atoms with Crippen LogP contribution in [-0.2, 0) is 0 Å². The van der Waals surface area contributed by atoms with Crippen molar-refractivity contribution < 1.29 is 9.66 Å². The number of methoxy groups -OCH3 is 1. The third kappa shape index (κ3) is 2.55. The molecule has 0 aromatic heterocycles. The second-order valence-corrected chi connectivity index (χ2v) is 5.96. The molecule has 0 aliphatic carbocycles. The van der Waals surface area contributed by atoms with Crippen LogP contribution in [0, 0.1) is 10.1 Å². The predicted octanol–water partition coefficient (Wildman–Crippen LogP) is 2.32. The van der Waals surface area contributed by atoms with Crippen LogP contribution in [0.5, 0.6) is 5.75 Å². The van der Waals surface area contributed by atoms with Crippen molar-refractivity contribution in [1.29, 1.82) is 0 Å². The second kappa shape index (κ2) is 5.52. The fourth-order valence-electron chi connectivity index (χ4n) is 3.68. The highest BCUT2D eigenvalue weighted by Gasteiger charge is 2.37. The number of nitrogens with zero attached hydrogens (tertiary/aromatic N) is 2. The molecular weight excluding hydrogens is 270 g/mol. The number of ether oxygens (including phenoxy) is 1. The molecule has 0 saturated carbocycles. The van der Waals surface area contributed by atoms with Crippen molar-refractivity contribution >= 4 is 11.4 Å². The minimum Gasteiger partial charge on any atom is -0.490 e. The average Bonchev–Trinajstić information content (AvgIpc) is 2.83. The van der Waals surface area contributed by atoms with E-state index in [1.54, 1.807) is 6.07 Å². The Bertz CT molecular complexity index is 537. The highest BCUT2D eigenvalue weighted by molar-refractivity contribution is 5.70. The maximum Gasteiger partial charge on any atom is 0.333 e. The minimum absolute atomic E-state index is 0.0633. The lowest BCUT2D eigenvalue weighted by Crippen LogP contribution is -2.47. The van der Waals surface area contributed by atoms with E-state index in [2.05, 4.69) is 10.2 Å². The van der Waals surface area contributed by atoms with E-state index < -0.39 is 0 Å². The Morgan fingerprint density at radius 2 is 2.00 bits per heavy atom. The molecule has 2 saturated heterocycles. The van der Waals surface area contributed by atoms with Crippen LogP contribution < -0.4 is 15.0 Å². The molecular formula is C15H21N3O3. The van der Waals surface area contributed by atoms with E-state index in [-0.39, 0.29) is 10.6 Å². The fraction of sp³-hybridized carbons (Fsp3) is 0.600. The van der Waals surface area contributed by atoms with Crippen molar-refractivity contribution in [3.05, 3.63) is 28.3 Å². The average molecular weight is 291 g/mol. The Kier molecular flexibility index (Phi) is 3.71. The first kappa shape index (κ1) is 14.1. The van der Waals surface area contributed by atoms with E-state index in [4.69, 9.17) is 4.74 Å². The van der Waals surface area contributed by atoms with Crippen LogP contribution in [0.1, 0.15) is 25.7 Å². The normalized spacial score (nSPS) is 27.4. The Morgan fingerprint density at radius 1 is 1.33 bits per heavy atom. The van der Waals surface area contributed by atoms with Crippen molar-refractivity contribution in [3.8, 4) is 5.75 Å². The molecule has 2 unspecified atom stereocenters. The largest absolute Gasteiger partial charge is 0.490 e. The number of hydrogen-bond donors (Lipinski definition) is 1. The van der Waals surface area contributed by atoms with E-state index in [1.165, 1.54) is 20.0 Å². The fourth-order valence-corrected chi connectivity index (χ4v) is 3.68. The monoisotopic (exact) mass is 291 g/mol. The number of piperidine rings is 1. The number of nitro groups is 1. The molecule has 0 amide bonds. The molecule has 6 heteroatoms. The third-order valence-corrected chi connectivity index (χ3v) is 4.76. The maximum atomic E-state index is 11.4. The van der Waals surface area contributed by atoms with E-state index in [9.17, 15) is 10.1 Å². The molecule has 1 N–H and O–H groups in total. The van der Waals surface area contributed by atoms with Gasteiger partial charge in [-0.1, -0.05) is 6.07 Å². The second-order valence-electron chi connectivity index (χ2n) is 5.96. The third-order valence-electron chi connectivity index (χ3n) is 4.76. The van der Waals surface area contributed by atoms with Gasteiger partial charge in [-0.3, -0.25) is 10.1 Å². The lowest BCUT2D eigenvalue weighted by molar-refractivity contribution is -0.385. The SMILES string of the molecule is COc1cccc(N(C)C2CC3CCC(C2)N3)c1[N+](=O)[O-]. The van der Waals surface area contributed by atoms with Crippen LogP contribution in [0.25, 0.3) is 0 Å². The topological polar surface area (TPSA) is 67.6 Å². The van der Waals surface area contributed by atoms with E-state index in [0.29, 0.717) is 29.6 Å². The molecule has 0 spiro atoms. The van der Waals surface area contributed by atoms with Gasteiger partial charge in [-0.15, -0.1) is 0 Å². The zero-order chi connectivity index (χ0) is 15.0. The smallest absolute Gasteiger partial charge is 0.333 e. The lowest BCUT2D eigenvalue weighted by Gasteiger charge is -2.36. The first-order chi connectivity index (χ1) is 10.1. The quantitative estimate of drug-likeness (QED) is 0.681. The molecule has 2 aliphatic rings. The van der Waals surface area contributed by atoms with Crippen LogP contribution in [0.3, 0.4) is 0 Å². The number of anilines is 1. The summed E-state index contributed by atoms with van der Waals surface area (Å²) in [4.78, 5) is 13.1. The molecule has 2 fully saturated rings. The van der Waals surface area contributed by atoms with Gasteiger partial charge in [-0.05, 0) is 37.8 Å². The van der Waals surface area contributed by atoms with Crippen molar-refractivity contribution in [3.63, 3.8) is 0 Å². The van der Waals surface area contributed by atoms with Crippen LogP contribution in [0.2, 0.25) is 0 Å². The molecule has 2 heterocycles. The summed E-state index contributed by atoms with van der Waals surface area (Å²) in [5.74, 6) is 0.321. The number of hydrogen-bond acceptors (Lipinski definition) is 5. The maximum absolute atomic E-state index is 11.4. The van der Waals surface area contributed by atoms with Gasteiger partial charge in [0, 0.05) is 25.2 Å². The zero-order valence-electron chi connectivity index (χ0n) is 12.4. The molecule has 0 radical (unpaired) electrons. The van der Waals surface area contributed by atoms with Gasteiger partial charge in [0.2, 0.25) is 0 Å². The van der Waals surface area contributed by atoms with E-state index >= 15 is 0 Å². The number of rotatable bonds is 4. The summed E-state index contributed by atoms with van der Waals surface area (Å²) in [7, 11) is 3.42. The van der Waals surface area contributed by atoms with Gasteiger partial charge < -0.3 is 15.0 Å². The first-order valence-corrected chi connectivity index (χ1v) is 7.40. The van der Waals surface area contributed by atoms with E-state index in [1.807, 2.05) is 19.2 Å². The Labute approximate surface area is 124 Å². The molecule has 6 nitrogen and oxygen atoms in total. The van der Waals surface area contributed by atoms with E-state index in [0.717, 1.165) is 12.8 Å². The molecule has 114 valence electrons. The Balaban J connectivity index is 1.90. The van der Waals surface area contributed by atoms with Gasteiger partial charge in [0.05, 0.1) is 12.0 Å². The van der Waals surface area contributed by atoms with Crippen LogP contribution in [0.15, 0.2) is 18.2 Å². The van der Waals surface area contributed by atoms with Gasteiger partial charge in [0.15, 0.2) is 5.75 Å². The number of fused-ring (bicyclic) bond motifs is 2. The number of nitro benzene ring substituents is 1. The van der Waals surface area contributed by atoms with Gasteiger partial charge in [-0.25, -0.2) is 0 Å². The Morgan fingerprint density at radius 3 is 2.57 bits per heavy atom. The number of benzene rings is 1. The summed E-state index contributed by atoms with van der Waals surface area (Å²) in [5, 5.41) is 15.0. The highest BCUT2D eigenvalue weighted by Crippen LogP contribution is 2.39. The Hall–Kier alpha value is -1.82. The molecule has 3 rings (SSSR count). The summed E-state index contributed by atoms with van der Waals surface area (Å²) in [5.41, 5.74) is 0.707. The summed E-state index contributed by atoms with van der Waals surface area (Å²) >= 11 is 0. The summed E-state index contributed by atoms with van der Waals surface area (Å²) in [6.45, 7) is 0. The molecule has 2 atom stereocenters. The van der Waals surface area contributed by atoms with Gasteiger partial charge >= 0.3 is 5.69 Å². The standard InChI is InChI=1S/C15H21N3O3/c1-17(12-8-10-6-7-11(9-12)16-10)13-4-3-5-14(21-2)15(13)18(19)20/h3-5,10-12,16H,6-9H2,1-2H3. The highest BCUT2D eigenvalue weighted by atomic mass is 16.6. The summed E-state index contributed by atoms with van der Waals surface area (Å²) in [6, 6.07) is 6.72. The van der Waals surface area contributed by atoms with Crippen LogP contribution >= 0.6 is 0 Å². The summed E-state index contributed by atoms with van der Waals surface area (Å²) < 4.78 is 5.16. The van der Waals surface area contributed by atoms with Gasteiger partial charge in [0.1, 0.15) is 5.69 Å². The molecule has 2 aliphatic heterocycles. The first-order valence-electron chi connectivity index (χ1n) is 7.40. The van der Waals surface area contributed by atoms with Crippen molar-refractivity contribution in [1.82, 2.24) is 5.32 Å². The van der Waals surface area contributed by atoms with Gasteiger partial charge in [-0.2, -0.15) is 0 Å². The lowest BCUT2D eigenvalue weighted by atomic mass is 9.98. The predicted molar refractivity (Wildman–Crippen MR) is 81.0 cm³/mol. The van der Waals surface area contributed by atoms with Crippen molar-refractivity contribution in [2.24, 2.45) is 0 Å². The van der Waals surface area contributed by atoms with Crippen molar-refractivity contribution in [2.75, 3.05) is 19.1 Å². The molecule has 1 aromatic carbocycles. The molecule has 1 aromatic rings. The van der Waals surface area contributed by atoms with Crippen LogP contribution in [0.4, 0.5) is 11.4 Å². The van der Waals surface area contributed by atoms with Crippen molar-refractivity contribution in [2.45, 2.75) is 43.8 Å². The number of para-hydroxylation sites is 1. The van der Waals surface area contributed by atoms with Crippen LogP contribution in [-0.4, -0.2) is 37.2 Å². The van der Waals surface area contributed by atoms with Gasteiger partial charge in [0.25, 0.3) is 0 Å². The minimum atomic E-state index is -0.347. The zero-order valence-corrected chi connectivity index (χ0v) is 12.4.